The van der Waals surface area contributed by atoms with Crippen LogP contribution in [0.4, 0.5) is 4.39 Å². The molecule has 1 fully saturated rings. The van der Waals surface area contributed by atoms with Crippen molar-refractivity contribution in [2.75, 3.05) is 11.5 Å². The van der Waals surface area contributed by atoms with Gasteiger partial charge in [0.2, 0.25) is 0 Å². The maximum atomic E-state index is 13.7. The van der Waals surface area contributed by atoms with E-state index in [1.807, 2.05) is 0 Å². The molecule has 19 heavy (non-hydrogen) atoms. The fourth-order valence-corrected chi connectivity index (χ4v) is 3.61. The van der Waals surface area contributed by atoms with Crippen LogP contribution in [-0.4, -0.2) is 42.3 Å². The van der Waals surface area contributed by atoms with Gasteiger partial charge in [-0.25, -0.2) is 12.8 Å². The molecular weight excluding hydrogens is 275 g/mol. The minimum atomic E-state index is -3.34. The van der Waals surface area contributed by atoms with Crippen LogP contribution >= 0.6 is 0 Å². The summed E-state index contributed by atoms with van der Waals surface area (Å²) >= 11 is 0. The third-order valence-corrected chi connectivity index (χ3v) is 4.67. The fraction of sp³-hybridized carbons (Fsp3) is 0.500. The van der Waals surface area contributed by atoms with E-state index in [4.69, 9.17) is 4.74 Å². The number of hydrogen-bond acceptors (Lipinski definition) is 5. The molecule has 0 aromatic heterocycles. The van der Waals surface area contributed by atoms with E-state index < -0.39 is 34.0 Å². The molecule has 1 aliphatic heterocycles. The number of rotatable bonds is 3. The molecule has 1 aliphatic rings. The Bertz CT molecular complexity index is 569. The monoisotopic (exact) mass is 290 g/mol. The van der Waals surface area contributed by atoms with E-state index in [9.17, 15) is 23.0 Å². The highest BCUT2D eigenvalue weighted by atomic mass is 32.2. The van der Waals surface area contributed by atoms with E-state index in [1.54, 1.807) is 0 Å². The topological polar surface area (TPSA) is 83.8 Å². The van der Waals surface area contributed by atoms with E-state index in [0.717, 1.165) is 6.07 Å². The molecular formula is C12H15FO5S. The molecule has 7 heteroatoms. The second kappa shape index (κ2) is 5.07. The van der Waals surface area contributed by atoms with Gasteiger partial charge in [0, 0.05) is 0 Å². The normalized spacial score (nSPS) is 27.2. The molecule has 0 saturated carbocycles. The number of sulfone groups is 1. The summed E-state index contributed by atoms with van der Waals surface area (Å²) in [6, 6.07) is 3.92. The SMILES string of the molecule is C[C@H](O)c1ccc(OC2CS(=O)(=O)CC2O)c(F)c1. The fourth-order valence-electron chi connectivity index (χ4n) is 1.95. The van der Waals surface area contributed by atoms with E-state index in [1.165, 1.54) is 19.1 Å². The Morgan fingerprint density at radius 2 is 2.11 bits per heavy atom. The highest BCUT2D eigenvalue weighted by Crippen LogP contribution is 2.25. The van der Waals surface area contributed by atoms with Crippen LogP contribution in [0.25, 0.3) is 0 Å². The molecule has 1 aromatic rings. The number of halogens is 1. The third kappa shape index (κ3) is 3.23. The summed E-state index contributed by atoms with van der Waals surface area (Å²) in [5, 5.41) is 18.9. The number of aliphatic hydroxyl groups is 2. The standard InChI is InChI=1S/C12H15FO5S/c1-7(14)8-2-3-11(9(13)4-8)18-12-6-19(16,17)5-10(12)15/h2-4,7,10,12,14-15H,5-6H2,1H3/t7-,10?,12?/m0/s1. The number of hydrogen-bond donors (Lipinski definition) is 2. The highest BCUT2D eigenvalue weighted by Gasteiger charge is 2.38. The average molecular weight is 290 g/mol. The predicted octanol–water partition coefficient (Wildman–Crippen LogP) is 0.416. The highest BCUT2D eigenvalue weighted by molar-refractivity contribution is 7.91. The zero-order valence-electron chi connectivity index (χ0n) is 10.3. The van der Waals surface area contributed by atoms with Gasteiger partial charge >= 0.3 is 0 Å². The lowest BCUT2D eigenvalue weighted by molar-refractivity contribution is 0.0710. The van der Waals surface area contributed by atoms with E-state index >= 15 is 0 Å². The maximum absolute atomic E-state index is 13.7. The Hall–Kier alpha value is -1.18. The molecule has 106 valence electrons. The zero-order valence-corrected chi connectivity index (χ0v) is 11.1. The molecule has 0 amide bonds. The van der Waals surface area contributed by atoms with Crippen LogP contribution in [0.1, 0.15) is 18.6 Å². The van der Waals surface area contributed by atoms with Crippen molar-refractivity contribution < 1.29 is 27.8 Å². The van der Waals surface area contributed by atoms with Crippen LogP contribution in [0.3, 0.4) is 0 Å². The van der Waals surface area contributed by atoms with Gasteiger partial charge in [0.15, 0.2) is 21.4 Å². The first-order valence-corrected chi connectivity index (χ1v) is 7.63. The van der Waals surface area contributed by atoms with Gasteiger partial charge in [-0.05, 0) is 24.6 Å². The summed E-state index contributed by atoms with van der Waals surface area (Å²) < 4.78 is 41.5. The summed E-state index contributed by atoms with van der Waals surface area (Å²) in [5.41, 5.74) is 0.393. The maximum Gasteiger partial charge on any atom is 0.165 e. The molecule has 5 nitrogen and oxygen atoms in total. The van der Waals surface area contributed by atoms with Crippen molar-refractivity contribution in [1.82, 2.24) is 0 Å². The summed E-state index contributed by atoms with van der Waals surface area (Å²) in [6.07, 6.45) is -2.92. The third-order valence-electron chi connectivity index (χ3n) is 2.99. The van der Waals surface area contributed by atoms with Gasteiger partial charge in [-0.3, -0.25) is 0 Å². The summed E-state index contributed by atoms with van der Waals surface area (Å²) in [6.45, 7) is 1.50. The first-order valence-electron chi connectivity index (χ1n) is 5.81. The van der Waals surface area contributed by atoms with Crippen molar-refractivity contribution in [2.45, 2.75) is 25.2 Å². The van der Waals surface area contributed by atoms with Crippen molar-refractivity contribution in [1.29, 1.82) is 0 Å². The lowest BCUT2D eigenvalue weighted by Gasteiger charge is -2.16. The quantitative estimate of drug-likeness (QED) is 0.842. The zero-order chi connectivity index (χ0) is 14.2. The van der Waals surface area contributed by atoms with Crippen LogP contribution in [0.2, 0.25) is 0 Å². The minimum Gasteiger partial charge on any atom is -0.484 e. The first kappa shape index (κ1) is 14.2. The van der Waals surface area contributed by atoms with Crippen LogP contribution in [0, 0.1) is 5.82 Å². The van der Waals surface area contributed by atoms with Gasteiger partial charge in [0.25, 0.3) is 0 Å². The molecule has 2 N–H and O–H groups in total. The smallest absolute Gasteiger partial charge is 0.165 e. The van der Waals surface area contributed by atoms with E-state index in [2.05, 4.69) is 0 Å². The van der Waals surface area contributed by atoms with Gasteiger partial charge < -0.3 is 14.9 Å². The molecule has 1 aromatic carbocycles. The van der Waals surface area contributed by atoms with Crippen LogP contribution < -0.4 is 4.74 Å². The van der Waals surface area contributed by atoms with Crippen molar-refractivity contribution in [2.24, 2.45) is 0 Å². The van der Waals surface area contributed by atoms with Gasteiger partial charge in [-0.1, -0.05) is 6.07 Å². The molecule has 0 bridgehead atoms. The second-order valence-corrected chi connectivity index (χ2v) is 6.82. The van der Waals surface area contributed by atoms with Gasteiger partial charge in [-0.15, -0.1) is 0 Å². The Morgan fingerprint density at radius 3 is 2.58 bits per heavy atom. The molecule has 1 saturated heterocycles. The van der Waals surface area contributed by atoms with Gasteiger partial charge in [0.05, 0.1) is 17.6 Å². The predicted molar refractivity (Wildman–Crippen MR) is 66.1 cm³/mol. The molecule has 2 rings (SSSR count). The Morgan fingerprint density at radius 1 is 1.42 bits per heavy atom. The molecule has 0 spiro atoms. The number of ether oxygens (including phenoxy) is 1. The average Bonchev–Trinajstić information content (AvgIpc) is 2.54. The Kier molecular flexibility index (Phi) is 3.80. The van der Waals surface area contributed by atoms with Crippen molar-refractivity contribution in [3.8, 4) is 5.75 Å². The van der Waals surface area contributed by atoms with Crippen LogP contribution in [0.15, 0.2) is 18.2 Å². The van der Waals surface area contributed by atoms with Gasteiger partial charge in [-0.2, -0.15) is 0 Å². The lowest BCUT2D eigenvalue weighted by atomic mass is 10.1. The van der Waals surface area contributed by atoms with Crippen molar-refractivity contribution >= 4 is 9.84 Å². The molecule has 1 heterocycles. The van der Waals surface area contributed by atoms with E-state index in [-0.39, 0.29) is 17.3 Å². The second-order valence-electron chi connectivity index (χ2n) is 4.67. The number of aliphatic hydroxyl groups excluding tert-OH is 2. The summed E-state index contributed by atoms with van der Waals surface area (Å²) in [7, 11) is -3.34. The van der Waals surface area contributed by atoms with Crippen LogP contribution in [0.5, 0.6) is 5.75 Å². The lowest BCUT2D eigenvalue weighted by Crippen LogP contribution is -2.30. The Labute approximate surface area is 110 Å². The molecule has 2 unspecified atom stereocenters. The summed E-state index contributed by atoms with van der Waals surface area (Å²) in [4.78, 5) is 0. The number of benzene rings is 1. The van der Waals surface area contributed by atoms with Gasteiger partial charge in [0.1, 0.15) is 12.2 Å². The summed E-state index contributed by atoms with van der Waals surface area (Å²) in [5.74, 6) is -1.53. The van der Waals surface area contributed by atoms with Crippen LogP contribution in [-0.2, 0) is 9.84 Å². The van der Waals surface area contributed by atoms with Crippen molar-refractivity contribution in [3.63, 3.8) is 0 Å². The van der Waals surface area contributed by atoms with Crippen molar-refractivity contribution in [3.05, 3.63) is 29.6 Å². The Balaban J connectivity index is 2.16. The molecule has 3 atom stereocenters. The first-order chi connectivity index (χ1) is 8.78. The largest absolute Gasteiger partial charge is 0.484 e. The molecule has 0 radical (unpaired) electrons. The van der Waals surface area contributed by atoms with E-state index in [0.29, 0.717) is 5.56 Å². The molecule has 0 aliphatic carbocycles. The minimum absolute atomic E-state index is 0.134.